The lowest BCUT2D eigenvalue weighted by atomic mass is 9.96. The Morgan fingerprint density at radius 3 is 2.68 bits per heavy atom. The summed E-state index contributed by atoms with van der Waals surface area (Å²) in [5, 5.41) is 0. The van der Waals surface area contributed by atoms with E-state index in [0.717, 1.165) is 11.1 Å². The number of aromatic nitrogens is 1. The predicted molar refractivity (Wildman–Crippen MR) is 104 cm³/mol. The fraction of sp³-hybridized carbons (Fsp3) is 0.429. The number of pyridine rings is 1. The molecule has 1 aliphatic rings. The van der Waals surface area contributed by atoms with Crippen LogP contribution in [0.1, 0.15) is 54.6 Å². The van der Waals surface area contributed by atoms with Gasteiger partial charge in [-0.25, -0.2) is 9.37 Å². The van der Waals surface area contributed by atoms with Crippen LogP contribution in [0.2, 0.25) is 0 Å². The van der Waals surface area contributed by atoms with Gasteiger partial charge in [0.1, 0.15) is 6.17 Å². The van der Waals surface area contributed by atoms with E-state index >= 15 is 0 Å². The van der Waals surface area contributed by atoms with Crippen molar-refractivity contribution < 1.29 is 13.6 Å². The van der Waals surface area contributed by atoms with Crippen LogP contribution in [0.25, 0.3) is 0 Å². The van der Waals surface area contributed by atoms with E-state index in [0.29, 0.717) is 17.8 Å². The summed E-state index contributed by atoms with van der Waals surface area (Å²) in [6, 6.07) is 9.51. The molecule has 3 atom stereocenters. The van der Waals surface area contributed by atoms with Gasteiger partial charge in [0.25, 0.3) is 0 Å². The zero-order chi connectivity index (χ0) is 20.4. The molecule has 2 heterocycles. The van der Waals surface area contributed by atoms with E-state index in [9.17, 15) is 13.6 Å². The fourth-order valence-corrected chi connectivity index (χ4v) is 3.84. The number of hydrogen-bond donors (Lipinski definition) is 2. The number of alkyl halides is 1. The van der Waals surface area contributed by atoms with Gasteiger partial charge in [0.2, 0.25) is 11.9 Å². The first-order valence-corrected chi connectivity index (χ1v) is 9.46. The zero-order valence-corrected chi connectivity index (χ0v) is 16.1. The summed E-state index contributed by atoms with van der Waals surface area (Å²) in [5.41, 5.74) is 13.9. The van der Waals surface area contributed by atoms with Gasteiger partial charge in [0, 0.05) is 25.1 Å². The monoisotopic (exact) mass is 388 g/mol. The van der Waals surface area contributed by atoms with Crippen LogP contribution >= 0.6 is 0 Å². The Hall–Kier alpha value is -2.38. The SMILES string of the molecule is CC(C)c1ccc([C@H](c2cccc(CN)c2)N2CC(F)CC2C(N)=O)nc1F. The summed E-state index contributed by atoms with van der Waals surface area (Å²) in [5.74, 6) is -1.17. The van der Waals surface area contributed by atoms with E-state index in [1.807, 2.05) is 38.1 Å². The van der Waals surface area contributed by atoms with Gasteiger partial charge in [-0.2, -0.15) is 4.39 Å². The molecule has 0 bridgehead atoms. The summed E-state index contributed by atoms with van der Waals surface area (Å²) >= 11 is 0. The van der Waals surface area contributed by atoms with Crippen LogP contribution in [0.15, 0.2) is 36.4 Å². The van der Waals surface area contributed by atoms with Gasteiger partial charge in [-0.05, 0) is 23.1 Å². The fourth-order valence-electron chi connectivity index (χ4n) is 3.84. The normalized spacial score (nSPS) is 21.2. The van der Waals surface area contributed by atoms with Gasteiger partial charge in [-0.3, -0.25) is 9.69 Å². The topological polar surface area (TPSA) is 85.2 Å². The summed E-state index contributed by atoms with van der Waals surface area (Å²) in [6.45, 7) is 4.14. The molecule has 5 nitrogen and oxygen atoms in total. The number of halogens is 2. The second kappa shape index (κ2) is 8.32. The van der Waals surface area contributed by atoms with Crippen LogP contribution in [0.3, 0.4) is 0 Å². The van der Waals surface area contributed by atoms with Crippen LogP contribution in [-0.2, 0) is 11.3 Å². The first kappa shape index (κ1) is 20.4. The number of nitrogens with two attached hydrogens (primary N) is 2. The average molecular weight is 388 g/mol. The Kier molecular flexibility index (Phi) is 6.05. The smallest absolute Gasteiger partial charge is 0.234 e. The summed E-state index contributed by atoms with van der Waals surface area (Å²) in [4.78, 5) is 17.8. The third-order valence-electron chi connectivity index (χ3n) is 5.25. The van der Waals surface area contributed by atoms with Crippen molar-refractivity contribution in [3.8, 4) is 0 Å². The molecule has 4 N–H and O–H groups in total. The van der Waals surface area contributed by atoms with Gasteiger partial charge >= 0.3 is 0 Å². The highest BCUT2D eigenvalue weighted by molar-refractivity contribution is 5.80. The standard InChI is InChI=1S/C21H26F2N4O/c1-12(2)16-6-7-17(26-20(16)23)19(14-5-3-4-13(8-14)10-24)27-11-15(22)9-18(27)21(25)28/h3-8,12,15,18-19H,9-11,24H2,1-2H3,(H2,25,28)/t15?,18?,19-/m0/s1. The van der Waals surface area contributed by atoms with Gasteiger partial charge in [0.15, 0.2) is 0 Å². The van der Waals surface area contributed by atoms with E-state index in [-0.39, 0.29) is 18.9 Å². The molecule has 0 saturated carbocycles. The third-order valence-corrected chi connectivity index (χ3v) is 5.25. The minimum absolute atomic E-state index is 0.0130. The Bertz CT molecular complexity index is 858. The molecule has 7 heteroatoms. The lowest BCUT2D eigenvalue weighted by molar-refractivity contribution is -0.122. The second-order valence-corrected chi connectivity index (χ2v) is 7.57. The Labute approximate surface area is 163 Å². The van der Waals surface area contributed by atoms with Gasteiger partial charge in [-0.15, -0.1) is 0 Å². The van der Waals surface area contributed by atoms with E-state index < -0.39 is 30.1 Å². The Morgan fingerprint density at radius 2 is 2.07 bits per heavy atom. The highest BCUT2D eigenvalue weighted by Crippen LogP contribution is 2.36. The van der Waals surface area contributed by atoms with Crippen molar-refractivity contribution in [3.63, 3.8) is 0 Å². The molecule has 0 radical (unpaired) electrons. The molecule has 2 aromatic rings. The van der Waals surface area contributed by atoms with Crippen molar-refractivity contribution in [2.75, 3.05) is 6.54 Å². The number of benzene rings is 1. The number of carbonyl (C=O) groups excluding carboxylic acids is 1. The number of primary amides is 1. The summed E-state index contributed by atoms with van der Waals surface area (Å²) in [7, 11) is 0. The van der Waals surface area contributed by atoms with Crippen molar-refractivity contribution in [1.82, 2.24) is 9.88 Å². The predicted octanol–water partition coefficient (Wildman–Crippen LogP) is 2.79. The molecule has 150 valence electrons. The number of amides is 1. The maximum absolute atomic E-state index is 14.6. The highest BCUT2D eigenvalue weighted by Gasteiger charge is 2.41. The molecule has 1 aromatic carbocycles. The molecular formula is C21H26F2N4O. The zero-order valence-electron chi connectivity index (χ0n) is 16.1. The van der Waals surface area contributed by atoms with Crippen LogP contribution in [0.5, 0.6) is 0 Å². The molecular weight excluding hydrogens is 362 g/mol. The largest absolute Gasteiger partial charge is 0.368 e. The van der Waals surface area contributed by atoms with Crippen molar-refractivity contribution in [1.29, 1.82) is 0 Å². The quantitative estimate of drug-likeness (QED) is 0.745. The second-order valence-electron chi connectivity index (χ2n) is 7.57. The molecule has 1 amide bonds. The lowest BCUT2D eigenvalue weighted by Gasteiger charge is -2.32. The van der Waals surface area contributed by atoms with E-state index in [1.54, 1.807) is 17.0 Å². The van der Waals surface area contributed by atoms with E-state index in [2.05, 4.69) is 4.98 Å². The molecule has 0 spiro atoms. The van der Waals surface area contributed by atoms with Crippen molar-refractivity contribution in [2.24, 2.45) is 11.5 Å². The Morgan fingerprint density at radius 1 is 1.32 bits per heavy atom. The maximum Gasteiger partial charge on any atom is 0.234 e. The molecule has 28 heavy (non-hydrogen) atoms. The van der Waals surface area contributed by atoms with E-state index in [4.69, 9.17) is 11.5 Å². The van der Waals surface area contributed by atoms with Crippen molar-refractivity contribution in [2.45, 2.75) is 51.0 Å². The summed E-state index contributed by atoms with van der Waals surface area (Å²) < 4.78 is 28.8. The van der Waals surface area contributed by atoms with Gasteiger partial charge in [-0.1, -0.05) is 44.2 Å². The molecule has 1 aliphatic heterocycles. The maximum atomic E-state index is 14.6. The molecule has 3 rings (SSSR count). The molecule has 1 aromatic heterocycles. The Balaban J connectivity index is 2.12. The van der Waals surface area contributed by atoms with Crippen molar-refractivity contribution in [3.05, 3.63) is 64.7 Å². The van der Waals surface area contributed by atoms with Crippen LogP contribution < -0.4 is 11.5 Å². The average Bonchev–Trinajstić information content (AvgIpc) is 3.03. The van der Waals surface area contributed by atoms with Gasteiger partial charge < -0.3 is 11.5 Å². The molecule has 1 saturated heterocycles. The van der Waals surface area contributed by atoms with Crippen LogP contribution in [0.4, 0.5) is 8.78 Å². The lowest BCUT2D eigenvalue weighted by Crippen LogP contribution is -2.43. The summed E-state index contributed by atoms with van der Waals surface area (Å²) in [6.07, 6.45) is -1.16. The first-order valence-electron chi connectivity index (χ1n) is 9.46. The van der Waals surface area contributed by atoms with Crippen LogP contribution in [0, 0.1) is 5.95 Å². The van der Waals surface area contributed by atoms with Crippen molar-refractivity contribution >= 4 is 5.91 Å². The van der Waals surface area contributed by atoms with E-state index in [1.165, 1.54) is 0 Å². The minimum Gasteiger partial charge on any atom is -0.368 e. The molecule has 1 fully saturated rings. The number of hydrogen-bond acceptors (Lipinski definition) is 4. The number of carbonyl (C=O) groups is 1. The van der Waals surface area contributed by atoms with Crippen LogP contribution in [-0.4, -0.2) is 34.5 Å². The number of rotatable bonds is 6. The third kappa shape index (κ3) is 4.05. The number of likely N-dealkylation sites (tertiary alicyclic amines) is 1. The first-order chi connectivity index (χ1) is 13.3. The number of nitrogens with zero attached hydrogens (tertiary/aromatic N) is 2. The molecule has 0 aliphatic carbocycles. The van der Waals surface area contributed by atoms with Gasteiger partial charge in [0.05, 0.1) is 17.8 Å². The minimum atomic E-state index is -1.18. The highest BCUT2D eigenvalue weighted by atomic mass is 19.1. The molecule has 2 unspecified atom stereocenters.